The zero-order chi connectivity index (χ0) is 14.9. The lowest BCUT2D eigenvalue weighted by Gasteiger charge is -2.15. The molecule has 1 aliphatic rings. The normalized spacial score (nSPS) is 17.8. The van der Waals surface area contributed by atoms with Gasteiger partial charge in [-0.3, -0.25) is 4.79 Å². The fourth-order valence-electron chi connectivity index (χ4n) is 3.06. The number of rotatable bonds is 2. The summed E-state index contributed by atoms with van der Waals surface area (Å²) in [5, 5.41) is 13.5. The van der Waals surface area contributed by atoms with Crippen molar-refractivity contribution in [2.24, 2.45) is 0 Å². The highest BCUT2D eigenvalue weighted by Gasteiger charge is 2.23. The summed E-state index contributed by atoms with van der Waals surface area (Å²) in [5.41, 5.74) is 2.16. The number of carbonyl (C=O) groups is 1. The Morgan fingerprint density at radius 3 is 2.95 bits per heavy atom. The number of hydrogen-bond donors (Lipinski definition) is 1. The third-order valence-corrected chi connectivity index (χ3v) is 4.17. The molecule has 0 saturated heterocycles. The molecule has 2 heterocycles. The highest BCUT2D eigenvalue weighted by molar-refractivity contribution is 5.83. The first kappa shape index (κ1) is 13.0. The van der Waals surface area contributed by atoms with Crippen LogP contribution in [0.2, 0.25) is 0 Å². The van der Waals surface area contributed by atoms with Crippen LogP contribution in [0.15, 0.2) is 48.7 Å². The predicted octanol–water partition coefficient (Wildman–Crippen LogP) is 2.23. The van der Waals surface area contributed by atoms with Gasteiger partial charge in [-0.15, -0.1) is 5.10 Å². The molecule has 22 heavy (non-hydrogen) atoms. The zero-order valence-electron chi connectivity index (χ0n) is 12.1. The first-order valence-corrected chi connectivity index (χ1v) is 7.43. The summed E-state index contributed by atoms with van der Waals surface area (Å²) in [6, 6.07) is 14.8. The summed E-state index contributed by atoms with van der Waals surface area (Å²) in [4.78, 5) is 11.9. The van der Waals surface area contributed by atoms with Gasteiger partial charge in [-0.05, 0) is 22.8 Å². The molecule has 5 nitrogen and oxygen atoms in total. The summed E-state index contributed by atoms with van der Waals surface area (Å²) in [7, 11) is 0. The van der Waals surface area contributed by atoms with Gasteiger partial charge in [0.05, 0.1) is 24.5 Å². The smallest absolute Gasteiger partial charge is 0.222 e. The van der Waals surface area contributed by atoms with E-state index in [2.05, 4.69) is 46.0 Å². The molecule has 0 bridgehead atoms. The van der Waals surface area contributed by atoms with Crippen molar-refractivity contribution in [2.45, 2.75) is 25.4 Å². The van der Waals surface area contributed by atoms with E-state index >= 15 is 0 Å². The van der Waals surface area contributed by atoms with Gasteiger partial charge >= 0.3 is 0 Å². The van der Waals surface area contributed by atoms with E-state index in [4.69, 9.17) is 0 Å². The molecule has 0 saturated carbocycles. The Morgan fingerprint density at radius 2 is 2.05 bits per heavy atom. The molecule has 0 radical (unpaired) electrons. The fraction of sp³-hybridized carbons (Fsp3) is 0.235. The molecule has 2 aromatic carbocycles. The van der Waals surface area contributed by atoms with Gasteiger partial charge in [0.2, 0.25) is 5.91 Å². The van der Waals surface area contributed by atoms with Gasteiger partial charge < -0.3 is 5.32 Å². The van der Waals surface area contributed by atoms with Gasteiger partial charge in [0.25, 0.3) is 0 Å². The van der Waals surface area contributed by atoms with Gasteiger partial charge in [-0.2, -0.15) is 0 Å². The average Bonchev–Trinajstić information content (AvgIpc) is 2.95. The maximum atomic E-state index is 11.9. The largest absolute Gasteiger partial charge is 0.350 e. The van der Waals surface area contributed by atoms with E-state index in [0.29, 0.717) is 13.0 Å². The maximum Gasteiger partial charge on any atom is 0.222 e. The molecule has 1 aromatic heterocycles. The van der Waals surface area contributed by atoms with E-state index in [1.807, 2.05) is 16.8 Å². The van der Waals surface area contributed by atoms with Crippen LogP contribution in [0.3, 0.4) is 0 Å². The number of nitrogens with one attached hydrogen (secondary N) is 1. The number of benzene rings is 2. The SMILES string of the molecule is O=C1C[C@@H](Cc2ccc3ccccc3c2)n2nncc2CN1. The van der Waals surface area contributed by atoms with E-state index in [9.17, 15) is 4.79 Å². The third kappa shape index (κ3) is 2.35. The summed E-state index contributed by atoms with van der Waals surface area (Å²) in [6.45, 7) is 0.500. The second-order valence-electron chi connectivity index (χ2n) is 5.69. The number of carbonyl (C=O) groups excluding carboxylic acids is 1. The zero-order valence-corrected chi connectivity index (χ0v) is 12.1. The molecule has 3 aromatic rings. The Bertz CT molecular complexity index is 839. The molecule has 0 spiro atoms. The highest BCUT2D eigenvalue weighted by atomic mass is 16.1. The van der Waals surface area contributed by atoms with Crippen molar-refractivity contribution in [1.82, 2.24) is 20.3 Å². The predicted molar refractivity (Wildman–Crippen MR) is 83.2 cm³/mol. The minimum Gasteiger partial charge on any atom is -0.350 e. The fourth-order valence-corrected chi connectivity index (χ4v) is 3.06. The Balaban J connectivity index is 1.67. The van der Waals surface area contributed by atoms with Gasteiger partial charge in [-0.25, -0.2) is 4.68 Å². The molecule has 1 aliphatic heterocycles. The van der Waals surface area contributed by atoms with Crippen molar-refractivity contribution in [3.05, 3.63) is 59.9 Å². The quantitative estimate of drug-likeness (QED) is 0.788. The first-order chi connectivity index (χ1) is 10.8. The molecule has 4 rings (SSSR count). The van der Waals surface area contributed by atoms with E-state index in [0.717, 1.165) is 12.1 Å². The molecule has 1 atom stereocenters. The van der Waals surface area contributed by atoms with Crippen LogP contribution in [0.5, 0.6) is 0 Å². The van der Waals surface area contributed by atoms with Crippen molar-refractivity contribution in [1.29, 1.82) is 0 Å². The Morgan fingerprint density at radius 1 is 1.18 bits per heavy atom. The van der Waals surface area contributed by atoms with Crippen LogP contribution in [0.1, 0.15) is 23.7 Å². The molecule has 5 heteroatoms. The number of hydrogen-bond acceptors (Lipinski definition) is 3. The van der Waals surface area contributed by atoms with Crippen molar-refractivity contribution in [3.8, 4) is 0 Å². The van der Waals surface area contributed by atoms with Crippen molar-refractivity contribution < 1.29 is 4.79 Å². The maximum absolute atomic E-state index is 11.9. The number of aromatic nitrogens is 3. The lowest BCUT2D eigenvalue weighted by atomic mass is 10.00. The molecular formula is C17H16N4O. The average molecular weight is 292 g/mol. The van der Waals surface area contributed by atoms with Crippen molar-refractivity contribution >= 4 is 16.7 Å². The van der Waals surface area contributed by atoms with E-state index in [-0.39, 0.29) is 11.9 Å². The summed E-state index contributed by atoms with van der Waals surface area (Å²) >= 11 is 0. The van der Waals surface area contributed by atoms with E-state index in [1.165, 1.54) is 16.3 Å². The Hall–Kier alpha value is -2.69. The molecule has 1 N–H and O–H groups in total. The van der Waals surface area contributed by atoms with Crippen LogP contribution in [0.25, 0.3) is 10.8 Å². The van der Waals surface area contributed by atoms with E-state index < -0.39 is 0 Å². The van der Waals surface area contributed by atoms with Crippen LogP contribution in [-0.2, 0) is 17.8 Å². The summed E-state index contributed by atoms with van der Waals surface area (Å²) in [6.07, 6.45) is 2.93. The van der Waals surface area contributed by atoms with Gasteiger partial charge in [0.1, 0.15) is 0 Å². The summed E-state index contributed by atoms with van der Waals surface area (Å²) in [5.74, 6) is 0.0660. The monoisotopic (exact) mass is 292 g/mol. The Kier molecular flexibility index (Phi) is 3.11. The van der Waals surface area contributed by atoms with Crippen LogP contribution < -0.4 is 5.32 Å². The lowest BCUT2D eigenvalue weighted by molar-refractivity contribution is -0.121. The minimum atomic E-state index is 0.0150. The Labute approximate surface area is 127 Å². The summed E-state index contributed by atoms with van der Waals surface area (Å²) < 4.78 is 1.88. The van der Waals surface area contributed by atoms with Crippen LogP contribution in [0, 0.1) is 0 Å². The molecule has 0 unspecified atom stereocenters. The van der Waals surface area contributed by atoms with Crippen molar-refractivity contribution in [2.75, 3.05) is 0 Å². The molecule has 0 aliphatic carbocycles. The molecule has 1 amide bonds. The molecule has 0 fully saturated rings. The van der Waals surface area contributed by atoms with Crippen molar-refractivity contribution in [3.63, 3.8) is 0 Å². The standard InChI is InChI=1S/C17H16N4O/c22-17-9-15(21-16(10-18-17)11-19-20-21)8-12-5-6-13-3-1-2-4-14(13)7-12/h1-7,11,15H,8-10H2,(H,18,22)/t15-/m1/s1. The van der Waals surface area contributed by atoms with Gasteiger partial charge in [0, 0.05) is 6.42 Å². The van der Waals surface area contributed by atoms with Crippen LogP contribution >= 0.6 is 0 Å². The highest BCUT2D eigenvalue weighted by Crippen LogP contribution is 2.23. The topological polar surface area (TPSA) is 59.8 Å². The second kappa shape index (κ2) is 5.26. The van der Waals surface area contributed by atoms with Gasteiger partial charge in [0.15, 0.2) is 0 Å². The number of amides is 1. The number of nitrogens with zero attached hydrogens (tertiary/aromatic N) is 3. The third-order valence-electron chi connectivity index (χ3n) is 4.17. The lowest BCUT2D eigenvalue weighted by Crippen LogP contribution is -2.22. The van der Waals surface area contributed by atoms with E-state index in [1.54, 1.807) is 6.20 Å². The number of fused-ring (bicyclic) bond motifs is 2. The first-order valence-electron chi connectivity index (χ1n) is 7.43. The molecule has 110 valence electrons. The molecular weight excluding hydrogens is 276 g/mol. The minimum absolute atomic E-state index is 0.0150. The van der Waals surface area contributed by atoms with Crippen LogP contribution in [0.4, 0.5) is 0 Å². The second-order valence-corrected chi connectivity index (χ2v) is 5.69. The van der Waals surface area contributed by atoms with Gasteiger partial charge in [-0.1, -0.05) is 47.7 Å². The van der Waals surface area contributed by atoms with Crippen LogP contribution in [-0.4, -0.2) is 20.9 Å².